The molecule has 0 bridgehead atoms. The second-order valence-electron chi connectivity index (χ2n) is 3.02. The second-order valence-corrected chi connectivity index (χ2v) is 3.02. The van der Waals surface area contributed by atoms with Crippen LogP contribution < -0.4 is 10.6 Å². The predicted octanol–water partition coefficient (Wildman–Crippen LogP) is -0.0419. The Morgan fingerprint density at radius 2 is 2.07 bits per heavy atom. The minimum absolute atomic E-state index is 0.00399. The maximum atomic E-state index is 11.4. The van der Waals surface area contributed by atoms with Crippen molar-refractivity contribution in [1.29, 1.82) is 0 Å². The number of rotatable bonds is 4. The molecule has 14 heavy (non-hydrogen) atoms. The van der Waals surface area contributed by atoms with E-state index in [1.54, 1.807) is 26.5 Å². The van der Waals surface area contributed by atoms with Crippen molar-refractivity contribution in [3.05, 3.63) is 30.1 Å². The molecule has 0 saturated carbocycles. The van der Waals surface area contributed by atoms with Gasteiger partial charge in [-0.2, -0.15) is 0 Å². The highest BCUT2D eigenvalue weighted by molar-refractivity contribution is 5.81. The normalized spacial score (nSPS) is 12.1. The van der Waals surface area contributed by atoms with Crippen molar-refractivity contribution in [2.45, 2.75) is 12.5 Å². The monoisotopic (exact) mass is 193 g/mol. The molecule has 1 aromatic rings. The summed E-state index contributed by atoms with van der Waals surface area (Å²) in [7, 11) is 3.42. The fourth-order valence-corrected chi connectivity index (χ4v) is 1.25. The average molecular weight is 193 g/mol. The Hall–Kier alpha value is -1.42. The van der Waals surface area contributed by atoms with Gasteiger partial charge in [0.05, 0.1) is 6.04 Å². The van der Waals surface area contributed by atoms with E-state index in [2.05, 4.69) is 15.6 Å². The Balaban J connectivity index is 2.62. The quantitative estimate of drug-likeness (QED) is 0.705. The molecular formula is C10H15N3O. The van der Waals surface area contributed by atoms with Gasteiger partial charge < -0.3 is 10.6 Å². The van der Waals surface area contributed by atoms with Crippen LogP contribution in [0, 0.1) is 0 Å². The Morgan fingerprint density at radius 1 is 1.43 bits per heavy atom. The summed E-state index contributed by atoms with van der Waals surface area (Å²) in [6.45, 7) is 0. The molecule has 0 radical (unpaired) electrons. The third kappa shape index (κ3) is 2.81. The molecular weight excluding hydrogens is 178 g/mol. The highest BCUT2D eigenvalue weighted by Gasteiger charge is 2.14. The second kappa shape index (κ2) is 5.34. The molecule has 0 aliphatic rings. The summed E-state index contributed by atoms with van der Waals surface area (Å²) in [6.07, 6.45) is 4.14. The Labute approximate surface area is 83.7 Å². The van der Waals surface area contributed by atoms with Crippen molar-refractivity contribution in [3.8, 4) is 0 Å². The molecule has 0 spiro atoms. The summed E-state index contributed by atoms with van der Waals surface area (Å²) in [5.74, 6) is 0.00399. The molecule has 0 aliphatic heterocycles. The van der Waals surface area contributed by atoms with Gasteiger partial charge in [0.2, 0.25) is 5.91 Å². The van der Waals surface area contributed by atoms with Crippen LogP contribution in [0.1, 0.15) is 5.56 Å². The summed E-state index contributed by atoms with van der Waals surface area (Å²) in [4.78, 5) is 15.3. The standard InChI is InChI=1S/C10H15N3O/c1-11-9(10(14)12-2)7-8-3-5-13-6-4-8/h3-6,9,11H,7H2,1-2H3,(H,12,14)/t9-/m0/s1. The van der Waals surface area contributed by atoms with Crippen molar-refractivity contribution in [2.75, 3.05) is 14.1 Å². The molecule has 0 unspecified atom stereocenters. The first-order chi connectivity index (χ1) is 6.77. The molecule has 2 N–H and O–H groups in total. The van der Waals surface area contributed by atoms with Crippen molar-refractivity contribution >= 4 is 5.91 Å². The Morgan fingerprint density at radius 3 is 2.57 bits per heavy atom. The number of nitrogens with one attached hydrogen (secondary N) is 2. The van der Waals surface area contributed by atoms with Gasteiger partial charge >= 0.3 is 0 Å². The van der Waals surface area contributed by atoms with E-state index in [0.29, 0.717) is 6.42 Å². The molecule has 1 atom stereocenters. The van der Waals surface area contributed by atoms with E-state index in [-0.39, 0.29) is 11.9 Å². The summed E-state index contributed by atoms with van der Waals surface area (Å²) >= 11 is 0. The topological polar surface area (TPSA) is 54.0 Å². The van der Waals surface area contributed by atoms with Crippen LogP contribution in [0.25, 0.3) is 0 Å². The molecule has 4 heteroatoms. The Kier molecular flexibility index (Phi) is 4.07. The lowest BCUT2D eigenvalue weighted by atomic mass is 10.1. The number of hydrogen-bond donors (Lipinski definition) is 2. The predicted molar refractivity (Wildman–Crippen MR) is 54.9 cm³/mol. The molecule has 1 rings (SSSR count). The molecule has 76 valence electrons. The van der Waals surface area contributed by atoms with Gasteiger partial charge in [-0.15, -0.1) is 0 Å². The molecule has 0 aliphatic carbocycles. The van der Waals surface area contributed by atoms with Gasteiger partial charge in [0.1, 0.15) is 0 Å². The average Bonchev–Trinajstić information content (AvgIpc) is 2.26. The van der Waals surface area contributed by atoms with Crippen LogP contribution in [0.5, 0.6) is 0 Å². The van der Waals surface area contributed by atoms with Crippen LogP contribution in [0.4, 0.5) is 0 Å². The number of carbonyl (C=O) groups is 1. The van der Waals surface area contributed by atoms with Crippen LogP contribution in [0.2, 0.25) is 0 Å². The van der Waals surface area contributed by atoms with Gasteiger partial charge in [-0.25, -0.2) is 0 Å². The van der Waals surface area contributed by atoms with Crippen LogP contribution in [-0.2, 0) is 11.2 Å². The number of nitrogens with zero attached hydrogens (tertiary/aromatic N) is 1. The summed E-state index contributed by atoms with van der Waals surface area (Å²) in [6, 6.07) is 3.64. The van der Waals surface area contributed by atoms with Gasteiger partial charge in [-0.3, -0.25) is 9.78 Å². The summed E-state index contributed by atoms with van der Waals surface area (Å²) < 4.78 is 0. The highest BCUT2D eigenvalue weighted by atomic mass is 16.2. The fourth-order valence-electron chi connectivity index (χ4n) is 1.25. The number of likely N-dealkylation sites (N-methyl/N-ethyl adjacent to an activating group) is 2. The number of hydrogen-bond acceptors (Lipinski definition) is 3. The highest BCUT2D eigenvalue weighted by Crippen LogP contribution is 2.01. The van der Waals surface area contributed by atoms with Crippen molar-refractivity contribution in [2.24, 2.45) is 0 Å². The third-order valence-corrected chi connectivity index (χ3v) is 2.10. The van der Waals surface area contributed by atoms with E-state index in [0.717, 1.165) is 5.56 Å². The van der Waals surface area contributed by atoms with Gasteiger partial charge in [-0.05, 0) is 31.2 Å². The van der Waals surface area contributed by atoms with E-state index >= 15 is 0 Å². The molecule has 1 aromatic heterocycles. The van der Waals surface area contributed by atoms with Crippen LogP contribution >= 0.6 is 0 Å². The van der Waals surface area contributed by atoms with Crippen molar-refractivity contribution in [3.63, 3.8) is 0 Å². The SMILES string of the molecule is CNC(=O)[C@H](Cc1ccncc1)NC. The van der Waals surface area contributed by atoms with Gasteiger partial charge in [0.25, 0.3) is 0 Å². The van der Waals surface area contributed by atoms with Crippen molar-refractivity contribution < 1.29 is 4.79 Å². The van der Waals surface area contributed by atoms with E-state index in [9.17, 15) is 4.79 Å². The first-order valence-electron chi connectivity index (χ1n) is 4.55. The van der Waals surface area contributed by atoms with Gasteiger partial charge in [0.15, 0.2) is 0 Å². The van der Waals surface area contributed by atoms with E-state index in [1.807, 2.05) is 12.1 Å². The Bertz CT molecular complexity index is 287. The molecule has 4 nitrogen and oxygen atoms in total. The number of carbonyl (C=O) groups excluding carboxylic acids is 1. The molecule has 1 amide bonds. The molecule has 1 heterocycles. The minimum atomic E-state index is -0.178. The zero-order valence-electron chi connectivity index (χ0n) is 8.45. The zero-order valence-corrected chi connectivity index (χ0v) is 8.45. The summed E-state index contributed by atoms with van der Waals surface area (Å²) in [5.41, 5.74) is 1.10. The largest absolute Gasteiger partial charge is 0.358 e. The van der Waals surface area contributed by atoms with Crippen molar-refractivity contribution in [1.82, 2.24) is 15.6 Å². The van der Waals surface area contributed by atoms with E-state index < -0.39 is 0 Å². The summed E-state index contributed by atoms with van der Waals surface area (Å²) in [5, 5.41) is 5.59. The van der Waals surface area contributed by atoms with E-state index in [4.69, 9.17) is 0 Å². The number of aromatic nitrogens is 1. The molecule has 0 aromatic carbocycles. The fraction of sp³-hybridized carbons (Fsp3) is 0.400. The maximum absolute atomic E-state index is 11.4. The lowest BCUT2D eigenvalue weighted by molar-refractivity contribution is -0.122. The number of amides is 1. The lowest BCUT2D eigenvalue weighted by Gasteiger charge is -2.13. The smallest absolute Gasteiger partial charge is 0.237 e. The first kappa shape index (κ1) is 10.7. The minimum Gasteiger partial charge on any atom is -0.358 e. The van der Waals surface area contributed by atoms with Gasteiger partial charge in [0, 0.05) is 19.4 Å². The lowest BCUT2D eigenvalue weighted by Crippen LogP contribution is -2.42. The van der Waals surface area contributed by atoms with Gasteiger partial charge in [-0.1, -0.05) is 0 Å². The zero-order chi connectivity index (χ0) is 10.4. The molecule has 0 saturated heterocycles. The first-order valence-corrected chi connectivity index (χ1v) is 4.55. The molecule has 0 fully saturated rings. The van der Waals surface area contributed by atoms with Crippen LogP contribution in [0.15, 0.2) is 24.5 Å². The number of pyridine rings is 1. The van der Waals surface area contributed by atoms with E-state index in [1.165, 1.54) is 0 Å². The maximum Gasteiger partial charge on any atom is 0.237 e. The van der Waals surface area contributed by atoms with Crippen LogP contribution in [-0.4, -0.2) is 31.0 Å². The van der Waals surface area contributed by atoms with Crippen LogP contribution in [0.3, 0.4) is 0 Å². The third-order valence-electron chi connectivity index (χ3n) is 2.10.